The van der Waals surface area contributed by atoms with Gasteiger partial charge in [0, 0.05) is 43.0 Å². The van der Waals surface area contributed by atoms with Gasteiger partial charge < -0.3 is 15.6 Å². The minimum absolute atomic E-state index is 0.299. The summed E-state index contributed by atoms with van der Waals surface area (Å²) in [5, 5.41) is 7.39. The molecule has 0 aliphatic heterocycles. The molecule has 3 aromatic heterocycles. The molecule has 1 fully saturated rings. The molecule has 1 aliphatic carbocycles. The molecular formula is C19H19FN8. The van der Waals surface area contributed by atoms with Gasteiger partial charge in [-0.05, 0) is 25.0 Å². The normalized spacial score (nSPS) is 13.9. The van der Waals surface area contributed by atoms with E-state index in [-0.39, 0.29) is 5.82 Å². The molecule has 0 saturated heterocycles. The fourth-order valence-corrected chi connectivity index (χ4v) is 3.29. The van der Waals surface area contributed by atoms with Gasteiger partial charge in [0.25, 0.3) is 0 Å². The van der Waals surface area contributed by atoms with Gasteiger partial charge in [0.05, 0.1) is 28.6 Å². The number of anilines is 2. The number of nitrogens with two attached hydrogens (primary N) is 1. The summed E-state index contributed by atoms with van der Waals surface area (Å²) in [6, 6.07) is 5.17. The number of aromatic nitrogens is 6. The summed E-state index contributed by atoms with van der Waals surface area (Å²) in [6.45, 7) is 0.299. The third-order valence-electron chi connectivity index (χ3n) is 5.03. The number of benzene rings is 1. The van der Waals surface area contributed by atoms with Gasteiger partial charge in [-0.3, -0.25) is 5.10 Å². The molecule has 0 spiro atoms. The van der Waals surface area contributed by atoms with Crippen molar-refractivity contribution in [2.24, 2.45) is 0 Å². The van der Waals surface area contributed by atoms with Gasteiger partial charge in [-0.15, -0.1) is 0 Å². The third-order valence-corrected chi connectivity index (χ3v) is 5.03. The van der Waals surface area contributed by atoms with Crippen LogP contribution in [0.4, 0.5) is 16.2 Å². The first-order valence-electron chi connectivity index (χ1n) is 9.09. The van der Waals surface area contributed by atoms with E-state index in [0.29, 0.717) is 40.9 Å². The maximum Gasteiger partial charge on any atom is 0.227 e. The van der Waals surface area contributed by atoms with Crippen LogP contribution in [0.25, 0.3) is 22.3 Å². The molecule has 4 aromatic rings. The second kappa shape index (κ2) is 6.29. The van der Waals surface area contributed by atoms with Crippen LogP contribution in [0.2, 0.25) is 0 Å². The van der Waals surface area contributed by atoms with E-state index in [1.54, 1.807) is 30.5 Å². The molecular weight excluding hydrogens is 359 g/mol. The lowest BCUT2D eigenvalue weighted by molar-refractivity contribution is 0.608. The van der Waals surface area contributed by atoms with Crippen LogP contribution in [-0.4, -0.2) is 37.2 Å². The van der Waals surface area contributed by atoms with Gasteiger partial charge >= 0.3 is 0 Å². The van der Waals surface area contributed by atoms with Crippen molar-refractivity contribution in [3.05, 3.63) is 47.8 Å². The van der Waals surface area contributed by atoms with Crippen LogP contribution >= 0.6 is 0 Å². The van der Waals surface area contributed by atoms with Crippen molar-refractivity contribution in [2.45, 2.75) is 25.3 Å². The molecule has 3 heterocycles. The lowest BCUT2D eigenvalue weighted by Crippen LogP contribution is -2.20. The highest BCUT2D eigenvalue weighted by atomic mass is 19.1. The van der Waals surface area contributed by atoms with Crippen molar-refractivity contribution >= 4 is 22.8 Å². The van der Waals surface area contributed by atoms with Crippen molar-refractivity contribution in [3.63, 3.8) is 0 Å². The molecule has 4 N–H and O–H groups in total. The molecule has 0 radical (unpaired) electrons. The van der Waals surface area contributed by atoms with Gasteiger partial charge in [-0.2, -0.15) is 10.1 Å². The van der Waals surface area contributed by atoms with Crippen LogP contribution < -0.4 is 10.6 Å². The van der Waals surface area contributed by atoms with E-state index >= 15 is 0 Å². The second-order valence-electron chi connectivity index (χ2n) is 7.17. The number of hydrogen-bond donors (Lipinski definition) is 3. The summed E-state index contributed by atoms with van der Waals surface area (Å²) in [6.07, 6.45) is 5.59. The first kappa shape index (κ1) is 16.7. The Morgan fingerprint density at radius 2 is 2.11 bits per heavy atom. The van der Waals surface area contributed by atoms with Crippen molar-refractivity contribution in [1.29, 1.82) is 0 Å². The summed E-state index contributed by atoms with van der Waals surface area (Å²) in [5.41, 5.74) is 10.6. The monoisotopic (exact) mass is 378 g/mol. The average molecular weight is 378 g/mol. The summed E-state index contributed by atoms with van der Waals surface area (Å²) in [7, 11) is 1.80. The molecule has 1 aromatic carbocycles. The molecule has 0 bridgehead atoms. The highest BCUT2D eigenvalue weighted by Crippen LogP contribution is 2.40. The number of hydrogen-bond acceptors (Lipinski definition) is 6. The maximum absolute atomic E-state index is 14.4. The van der Waals surface area contributed by atoms with Crippen molar-refractivity contribution in [1.82, 2.24) is 30.1 Å². The lowest BCUT2D eigenvalue weighted by atomic mass is 10.1. The number of halogens is 1. The number of nitrogens with one attached hydrogen (secondary N) is 2. The van der Waals surface area contributed by atoms with Crippen LogP contribution in [0, 0.1) is 5.82 Å². The zero-order valence-corrected chi connectivity index (χ0v) is 15.3. The number of nitrogen functional groups attached to an aromatic ring is 1. The molecule has 28 heavy (non-hydrogen) atoms. The van der Waals surface area contributed by atoms with Gasteiger partial charge in [-0.1, -0.05) is 0 Å². The van der Waals surface area contributed by atoms with Crippen molar-refractivity contribution in [2.75, 3.05) is 17.7 Å². The summed E-state index contributed by atoms with van der Waals surface area (Å²) in [5.74, 6) is 1.02. The number of H-pyrrole nitrogens is 2. The Labute approximate surface area is 160 Å². The highest BCUT2D eigenvalue weighted by Gasteiger charge is 2.26. The number of rotatable bonds is 5. The minimum Gasteiger partial charge on any atom is -0.383 e. The van der Waals surface area contributed by atoms with E-state index in [1.807, 2.05) is 6.07 Å². The van der Waals surface area contributed by atoms with Crippen LogP contribution in [0.15, 0.2) is 30.7 Å². The Morgan fingerprint density at radius 3 is 2.89 bits per heavy atom. The van der Waals surface area contributed by atoms with E-state index in [1.165, 1.54) is 18.9 Å². The average Bonchev–Trinajstić information content (AvgIpc) is 3.24. The largest absolute Gasteiger partial charge is 0.383 e. The Bertz CT molecular complexity index is 1160. The summed E-state index contributed by atoms with van der Waals surface area (Å²) in [4.78, 5) is 17.6. The third kappa shape index (κ3) is 2.94. The maximum atomic E-state index is 14.4. The molecule has 0 atom stereocenters. The molecule has 0 unspecified atom stereocenters. The first-order valence-corrected chi connectivity index (χ1v) is 9.09. The van der Waals surface area contributed by atoms with Crippen LogP contribution in [0.1, 0.15) is 30.0 Å². The molecule has 8 nitrogen and oxygen atoms in total. The molecule has 5 rings (SSSR count). The molecule has 0 amide bonds. The Morgan fingerprint density at radius 1 is 1.25 bits per heavy atom. The predicted molar refractivity (Wildman–Crippen MR) is 104 cm³/mol. The van der Waals surface area contributed by atoms with Crippen molar-refractivity contribution < 1.29 is 4.39 Å². The Kier molecular flexibility index (Phi) is 3.75. The van der Waals surface area contributed by atoms with Gasteiger partial charge in [0.2, 0.25) is 5.95 Å². The smallest absolute Gasteiger partial charge is 0.227 e. The number of fused-ring (bicyclic) bond motifs is 1. The molecule has 1 aliphatic rings. The lowest BCUT2D eigenvalue weighted by Gasteiger charge is -2.18. The predicted octanol–water partition coefficient (Wildman–Crippen LogP) is 2.98. The highest BCUT2D eigenvalue weighted by molar-refractivity contribution is 5.75. The van der Waals surface area contributed by atoms with Crippen LogP contribution in [0.3, 0.4) is 0 Å². The molecule has 1 saturated carbocycles. The van der Waals surface area contributed by atoms with Crippen molar-refractivity contribution in [3.8, 4) is 11.3 Å². The SMILES string of the molecule is CN(Cc1cc2[nH]cnc2cc1F)c1ncc(-c2cc(C3CC3)[nH]n2)c(N)n1. The Balaban J connectivity index is 1.39. The van der Waals surface area contributed by atoms with Gasteiger partial charge in [0.15, 0.2) is 0 Å². The van der Waals surface area contributed by atoms with Crippen LogP contribution in [0.5, 0.6) is 0 Å². The zero-order chi connectivity index (χ0) is 19.3. The standard InChI is InChI=1S/C19H19FN8/c1-28(8-11-4-16-17(5-13(11)20)24-9-23-16)19-22-7-12(18(21)25-19)15-6-14(26-27-15)10-2-3-10/h4-7,9-10H,2-3,8H2,1H3,(H,23,24)(H,26,27)(H2,21,22,25). The molecule has 142 valence electrons. The van der Waals surface area contributed by atoms with E-state index < -0.39 is 0 Å². The zero-order valence-electron chi connectivity index (χ0n) is 15.3. The quantitative estimate of drug-likeness (QED) is 0.492. The van der Waals surface area contributed by atoms with E-state index in [4.69, 9.17) is 5.73 Å². The summed E-state index contributed by atoms with van der Waals surface area (Å²) < 4.78 is 14.4. The minimum atomic E-state index is -0.319. The second-order valence-corrected chi connectivity index (χ2v) is 7.17. The number of nitrogens with zero attached hydrogens (tertiary/aromatic N) is 5. The number of imidazole rings is 1. The van der Waals surface area contributed by atoms with E-state index in [9.17, 15) is 4.39 Å². The van der Waals surface area contributed by atoms with E-state index in [2.05, 4.69) is 30.1 Å². The topological polar surface area (TPSA) is 112 Å². The molecule has 9 heteroatoms. The first-order chi connectivity index (χ1) is 13.6. The number of aromatic amines is 2. The van der Waals surface area contributed by atoms with Crippen LogP contribution in [-0.2, 0) is 6.54 Å². The van der Waals surface area contributed by atoms with E-state index in [0.717, 1.165) is 16.9 Å². The van der Waals surface area contributed by atoms with Gasteiger partial charge in [-0.25, -0.2) is 14.4 Å². The van der Waals surface area contributed by atoms with Gasteiger partial charge in [0.1, 0.15) is 11.6 Å². The fourth-order valence-electron chi connectivity index (χ4n) is 3.29. The Hall–Kier alpha value is -3.49. The fraction of sp³-hybridized carbons (Fsp3) is 0.263. The summed E-state index contributed by atoms with van der Waals surface area (Å²) >= 11 is 0.